The van der Waals surface area contributed by atoms with E-state index in [0.29, 0.717) is 25.6 Å². The fourth-order valence-corrected chi connectivity index (χ4v) is 2.50. The summed E-state index contributed by atoms with van der Waals surface area (Å²) in [7, 11) is 1.64. The van der Waals surface area contributed by atoms with Gasteiger partial charge in [-0.1, -0.05) is 29.8 Å². The van der Waals surface area contributed by atoms with Gasteiger partial charge >= 0.3 is 0 Å². The fraction of sp³-hybridized carbons (Fsp3) is 0.400. The van der Waals surface area contributed by atoms with E-state index in [1.54, 1.807) is 13.3 Å². The number of pyridine rings is 1. The summed E-state index contributed by atoms with van der Waals surface area (Å²) in [6, 6.07) is 11.7. The van der Waals surface area contributed by atoms with Gasteiger partial charge in [0.1, 0.15) is 6.61 Å². The average molecular weight is 519 g/mol. The van der Waals surface area contributed by atoms with Gasteiger partial charge in [-0.2, -0.15) is 0 Å². The minimum Gasteiger partial charge on any atom is -0.475 e. The predicted molar refractivity (Wildman–Crippen MR) is 125 cm³/mol. The van der Waals surface area contributed by atoms with E-state index < -0.39 is 0 Å². The highest BCUT2D eigenvalue weighted by Crippen LogP contribution is 2.15. The second kappa shape index (κ2) is 14.4. The Bertz CT molecular complexity index is 714. The van der Waals surface area contributed by atoms with Crippen molar-refractivity contribution < 1.29 is 9.47 Å². The molecule has 2 aromatic rings. The van der Waals surface area contributed by atoms with Crippen molar-refractivity contribution in [2.45, 2.75) is 19.9 Å². The van der Waals surface area contributed by atoms with Crippen LogP contribution in [0.5, 0.6) is 5.88 Å². The van der Waals surface area contributed by atoms with E-state index in [0.717, 1.165) is 36.1 Å². The standard InChI is InChI=1S/C20H27ClN4O2.HI/c1-3-22-20(24-12-10-16-6-8-18(21)9-7-16)25-15-17-5-4-11-23-19(17)27-14-13-26-2;/h4-9,11H,3,10,12-15H2,1-2H3,(H2,22,24,25);1H. The lowest BCUT2D eigenvalue weighted by Crippen LogP contribution is -2.38. The van der Waals surface area contributed by atoms with Crippen LogP contribution in [0.15, 0.2) is 47.6 Å². The van der Waals surface area contributed by atoms with E-state index in [9.17, 15) is 0 Å². The third-order valence-electron chi connectivity index (χ3n) is 3.75. The molecule has 0 unspecified atom stereocenters. The molecule has 0 atom stereocenters. The molecule has 0 aliphatic carbocycles. The summed E-state index contributed by atoms with van der Waals surface area (Å²) in [5.74, 6) is 1.36. The molecule has 0 amide bonds. The zero-order chi connectivity index (χ0) is 19.3. The second-order valence-corrected chi connectivity index (χ2v) is 6.24. The van der Waals surface area contributed by atoms with Gasteiger partial charge in [0, 0.05) is 37.0 Å². The van der Waals surface area contributed by atoms with Crippen LogP contribution in [0, 0.1) is 0 Å². The van der Waals surface area contributed by atoms with Gasteiger partial charge in [-0.25, -0.2) is 9.98 Å². The number of methoxy groups -OCH3 is 1. The molecule has 0 saturated carbocycles. The molecule has 0 spiro atoms. The van der Waals surface area contributed by atoms with E-state index >= 15 is 0 Å². The van der Waals surface area contributed by atoms with Crippen molar-refractivity contribution in [3.63, 3.8) is 0 Å². The van der Waals surface area contributed by atoms with Crippen molar-refractivity contribution in [1.29, 1.82) is 0 Å². The van der Waals surface area contributed by atoms with Gasteiger partial charge in [0.2, 0.25) is 5.88 Å². The number of aromatic nitrogens is 1. The number of nitrogens with zero attached hydrogens (tertiary/aromatic N) is 2. The Balaban J connectivity index is 0.00000392. The van der Waals surface area contributed by atoms with Gasteiger partial charge in [0.05, 0.1) is 13.2 Å². The number of hydrogen-bond donors (Lipinski definition) is 2. The summed E-state index contributed by atoms with van der Waals surface area (Å²) in [5.41, 5.74) is 2.16. The maximum Gasteiger partial charge on any atom is 0.218 e. The lowest BCUT2D eigenvalue weighted by molar-refractivity contribution is 0.143. The van der Waals surface area contributed by atoms with E-state index in [1.807, 2.05) is 43.3 Å². The van der Waals surface area contributed by atoms with E-state index in [4.69, 9.17) is 21.1 Å². The van der Waals surface area contributed by atoms with Crippen LogP contribution in [0.4, 0.5) is 0 Å². The zero-order valence-corrected chi connectivity index (χ0v) is 19.4. The molecule has 0 fully saturated rings. The fourth-order valence-electron chi connectivity index (χ4n) is 2.38. The molecule has 0 aliphatic heterocycles. The molecule has 0 bridgehead atoms. The maximum atomic E-state index is 5.92. The third-order valence-corrected chi connectivity index (χ3v) is 4.00. The predicted octanol–water partition coefficient (Wildman–Crippen LogP) is 3.68. The Kier molecular flexibility index (Phi) is 12.6. The van der Waals surface area contributed by atoms with Gasteiger partial charge in [-0.15, -0.1) is 24.0 Å². The number of guanidine groups is 1. The molecule has 1 aromatic carbocycles. The first kappa shape index (κ1) is 24.5. The van der Waals surface area contributed by atoms with Gasteiger partial charge in [0.25, 0.3) is 0 Å². The first-order valence-electron chi connectivity index (χ1n) is 9.05. The van der Waals surface area contributed by atoms with Crippen molar-refractivity contribution in [2.75, 3.05) is 33.4 Å². The Morgan fingerprint density at radius 2 is 1.93 bits per heavy atom. The number of nitrogens with one attached hydrogen (secondary N) is 2. The van der Waals surface area contributed by atoms with Crippen LogP contribution in [-0.2, 0) is 17.7 Å². The molecule has 0 radical (unpaired) electrons. The smallest absolute Gasteiger partial charge is 0.218 e. The maximum absolute atomic E-state index is 5.92. The summed E-state index contributed by atoms with van der Waals surface area (Å²) in [4.78, 5) is 8.92. The normalized spacial score (nSPS) is 10.9. The molecular formula is C20H28ClIN4O2. The first-order valence-corrected chi connectivity index (χ1v) is 9.43. The first-order chi connectivity index (χ1) is 13.2. The highest BCUT2D eigenvalue weighted by atomic mass is 127. The van der Waals surface area contributed by atoms with Crippen LogP contribution in [0.25, 0.3) is 0 Å². The van der Waals surface area contributed by atoms with Crippen LogP contribution >= 0.6 is 35.6 Å². The van der Waals surface area contributed by atoms with Crippen molar-refractivity contribution in [3.05, 3.63) is 58.7 Å². The summed E-state index contributed by atoms with van der Waals surface area (Å²) in [6.45, 7) is 5.07. The highest BCUT2D eigenvalue weighted by Gasteiger charge is 2.05. The Hall–Kier alpha value is -1.58. The number of benzene rings is 1. The Morgan fingerprint density at radius 3 is 2.64 bits per heavy atom. The Labute approximate surface area is 189 Å². The molecule has 1 aromatic heterocycles. The number of halogens is 2. The minimum absolute atomic E-state index is 0. The van der Waals surface area contributed by atoms with Gasteiger partial charge in [-0.05, 0) is 37.1 Å². The van der Waals surface area contributed by atoms with Crippen molar-refractivity contribution >= 4 is 41.5 Å². The number of ether oxygens (including phenoxy) is 2. The SMILES string of the molecule is CCNC(=NCc1cccnc1OCCOC)NCCc1ccc(Cl)cc1.I. The molecule has 1 heterocycles. The summed E-state index contributed by atoms with van der Waals surface area (Å²) in [5, 5.41) is 7.36. The molecule has 6 nitrogen and oxygen atoms in total. The summed E-state index contributed by atoms with van der Waals surface area (Å²) in [6.07, 6.45) is 2.60. The summed E-state index contributed by atoms with van der Waals surface area (Å²) >= 11 is 5.92. The molecule has 154 valence electrons. The van der Waals surface area contributed by atoms with Gasteiger partial charge in [-0.3, -0.25) is 0 Å². The van der Waals surface area contributed by atoms with Crippen molar-refractivity contribution in [3.8, 4) is 5.88 Å². The van der Waals surface area contributed by atoms with Crippen LogP contribution < -0.4 is 15.4 Å². The van der Waals surface area contributed by atoms with Gasteiger partial charge < -0.3 is 20.1 Å². The van der Waals surface area contributed by atoms with Gasteiger partial charge in [0.15, 0.2) is 5.96 Å². The number of hydrogen-bond acceptors (Lipinski definition) is 4. The molecule has 0 saturated heterocycles. The highest BCUT2D eigenvalue weighted by molar-refractivity contribution is 14.0. The third kappa shape index (κ3) is 9.07. The zero-order valence-electron chi connectivity index (χ0n) is 16.3. The van der Waals surface area contributed by atoms with Crippen LogP contribution in [-0.4, -0.2) is 44.4 Å². The minimum atomic E-state index is 0. The van der Waals surface area contributed by atoms with Crippen molar-refractivity contribution in [1.82, 2.24) is 15.6 Å². The number of aliphatic imine (C=N–C) groups is 1. The molecule has 2 rings (SSSR count). The van der Waals surface area contributed by atoms with Crippen molar-refractivity contribution in [2.24, 2.45) is 4.99 Å². The second-order valence-electron chi connectivity index (χ2n) is 5.81. The molecule has 2 N–H and O–H groups in total. The molecular weight excluding hydrogens is 491 g/mol. The average Bonchev–Trinajstić information content (AvgIpc) is 2.68. The lowest BCUT2D eigenvalue weighted by atomic mass is 10.1. The molecule has 0 aliphatic rings. The lowest BCUT2D eigenvalue weighted by Gasteiger charge is -2.12. The van der Waals surface area contributed by atoms with Crippen LogP contribution in [0.3, 0.4) is 0 Å². The molecule has 8 heteroatoms. The molecule has 28 heavy (non-hydrogen) atoms. The number of rotatable bonds is 10. The topological polar surface area (TPSA) is 67.8 Å². The van der Waals surface area contributed by atoms with E-state index in [2.05, 4.69) is 20.6 Å². The van der Waals surface area contributed by atoms with Crippen LogP contribution in [0.1, 0.15) is 18.1 Å². The quantitative estimate of drug-likeness (QED) is 0.217. The van der Waals surface area contributed by atoms with Crippen LogP contribution in [0.2, 0.25) is 5.02 Å². The largest absolute Gasteiger partial charge is 0.475 e. The Morgan fingerprint density at radius 1 is 1.14 bits per heavy atom. The summed E-state index contributed by atoms with van der Waals surface area (Å²) < 4.78 is 10.7. The van der Waals surface area contributed by atoms with E-state index in [-0.39, 0.29) is 24.0 Å². The monoisotopic (exact) mass is 518 g/mol. The van der Waals surface area contributed by atoms with E-state index in [1.165, 1.54) is 5.56 Å².